The molecule has 0 spiro atoms. The van der Waals surface area contributed by atoms with E-state index in [2.05, 4.69) is 4.72 Å². The van der Waals surface area contributed by atoms with Gasteiger partial charge in [0.15, 0.2) is 5.78 Å². The summed E-state index contributed by atoms with van der Waals surface area (Å²) >= 11 is 0. The van der Waals surface area contributed by atoms with Crippen molar-refractivity contribution in [3.8, 4) is 0 Å². The van der Waals surface area contributed by atoms with Gasteiger partial charge in [-0.1, -0.05) is 54.6 Å². The van der Waals surface area contributed by atoms with Gasteiger partial charge in [0.05, 0.1) is 11.5 Å². The van der Waals surface area contributed by atoms with Gasteiger partial charge in [-0.15, -0.1) is 0 Å². The van der Waals surface area contributed by atoms with E-state index in [0.717, 1.165) is 11.1 Å². The van der Waals surface area contributed by atoms with Gasteiger partial charge in [-0.3, -0.25) is 4.79 Å². The minimum atomic E-state index is -3.65. The summed E-state index contributed by atoms with van der Waals surface area (Å²) in [6, 6.07) is 21.9. The Kier molecular flexibility index (Phi) is 8.36. The van der Waals surface area contributed by atoms with Gasteiger partial charge in [-0.25, -0.2) is 17.5 Å². The first-order chi connectivity index (χ1) is 16.0. The first-order valence-corrected chi connectivity index (χ1v) is 12.6. The first kappa shape index (κ1) is 25.7. The van der Waals surface area contributed by atoms with Crippen LogP contribution in [0.4, 0.5) is 4.39 Å². The van der Waals surface area contributed by atoms with Crippen LogP contribution in [0, 0.1) is 5.82 Å². The van der Waals surface area contributed by atoms with Crippen LogP contribution in [-0.2, 0) is 39.0 Å². The molecule has 0 aliphatic heterocycles. The number of ether oxygens (including phenoxy) is 1. The lowest BCUT2D eigenvalue weighted by molar-refractivity contribution is -0.130. The molecule has 1 atom stereocenters. The zero-order valence-corrected chi connectivity index (χ0v) is 20.4. The standard InChI is InChI=1S/C27H30FNO4S/c1-27(2,3)29-34(31,32)24-15-11-21(12-16-24)17-25(30)26(18-20-7-5-4-6-8-20)33-19-22-9-13-23(28)14-10-22/h4-16,26,29H,17-19H2,1-3H3/t26-/m0/s1. The van der Waals surface area contributed by atoms with E-state index in [1.807, 2.05) is 30.3 Å². The predicted octanol–water partition coefficient (Wildman–Crippen LogP) is 4.84. The molecule has 3 aromatic carbocycles. The Hall–Kier alpha value is -2.87. The van der Waals surface area contributed by atoms with Crippen molar-refractivity contribution in [1.82, 2.24) is 4.72 Å². The third-order valence-electron chi connectivity index (χ3n) is 5.04. The van der Waals surface area contributed by atoms with Gasteiger partial charge >= 0.3 is 0 Å². The second-order valence-electron chi connectivity index (χ2n) is 9.26. The average Bonchev–Trinajstić information content (AvgIpc) is 2.77. The molecule has 7 heteroatoms. The summed E-state index contributed by atoms with van der Waals surface area (Å²) in [6.45, 7) is 5.50. The maximum Gasteiger partial charge on any atom is 0.241 e. The highest BCUT2D eigenvalue weighted by atomic mass is 32.2. The van der Waals surface area contributed by atoms with Gasteiger partial charge < -0.3 is 4.74 Å². The highest BCUT2D eigenvalue weighted by Crippen LogP contribution is 2.17. The topological polar surface area (TPSA) is 72.5 Å². The van der Waals surface area contributed by atoms with E-state index in [4.69, 9.17) is 4.74 Å². The molecule has 0 bridgehead atoms. The van der Waals surface area contributed by atoms with Gasteiger partial charge in [0.25, 0.3) is 0 Å². The molecule has 0 aliphatic rings. The molecular weight excluding hydrogens is 453 g/mol. The fraction of sp³-hybridized carbons (Fsp3) is 0.296. The second kappa shape index (κ2) is 11.0. The quantitative estimate of drug-likeness (QED) is 0.448. The van der Waals surface area contributed by atoms with Crippen molar-refractivity contribution in [3.05, 3.63) is 101 Å². The van der Waals surface area contributed by atoms with Crippen molar-refractivity contribution in [1.29, 1.82) is 0 Å². The fourth-order valence-electron chi connectivity index (χ4n) is 3.43. The molecule has 0 saturated heterocycles. The number of sulfonamides is 1. The van der Waals surface area contributed by atoms with E-state index in [-0.39, 0.29) is 29.5 Å². The summed E-state index contributed by atoms with van der Waals surface area (Å²) in [4.78, 5) is 13.3. The van der Waals surface area contributed by atoms with Crippen LogP contribution in [0.15, 0.2) is 83.8 Å². The van der Waals surface area contributed by atoms with Gasteiger partial charge in [0.2, 0.25) is 10.0 Å². The Morgan fingerprint density at radius 1 is 0.882 bits per heavy atom. The maximum absolute atomic E-state index is 13.2. The molecule has 3 aromatic rings. The summed E-state index contributed by atoms with van der Waals surface area (Å²) in [6.07, 6.45) is -0.185. The number of carbonyl (C=O) groups excluding carboxylic acids is 1. The first-order valence-electron chi connectivity index (χ1n) is 11.1. The summed E-state index contributed by atoms with van der Waals surface area (Å²) < 4.78 is 46.8. The van der Waals surface area contributed by atoms with Crippen LogP contribution in [0.2, 0.25) is 0 Å². The van der Waals surface area contributed by atoms with Crippen LogP contribution >= 0.6 is 0 Å². The van der Waals surface area contributed by atoms with Crippen LogP contribution in [0.5, 0.6) is 0 Å². The van der Waals surface area contributed by atoms with Crippen LogP contribution in [0.25, 0.3) is 0 Å². The second-order valence-corrected chi connectivity index (χ2v) is 10.9. The van der Waals surface area contributed by atoms with E-state index in [1.54, 1.807) is 45.0 Å². The summed E-state index contributed by atoms with van der Waals surface area (Å²) in [5.41, 5.74) is 1.84. The monoisotopic (exact) mass is 483 g/mol. The Labute approximate surface area is 201 Å². The average molecular weight is 484 g/mol. The number of nitrogens with one attached hydrogen (secondary N) is 1. The minimum absolute atomic E-state index is 0.105. The molecule has 0 radical (unpaired) electrons. The summed E-state index contributed by atoms with van der Waals surface area (Å²) in [5, 5.41) is 0. The molecular formula is C27H30FNO4S. The number of Topliss-reactive ketones (excluding diaryl/α,β-unsaturated/α-hetero) is 1. The van der Waals surface area contributed by atoms with Crippen molar-refractivity contribution in [2.45, 2.75) is 56.8 Å². The number of ketones is 1. The third-order valence-corrected chi connectivity index (χ3v) is 6.81. The van der Waals surface area contributed by atoms with Crippen molar-refractivity contribution >= 4 is 15.8 Å². The molecule has 0 saturated carbocycles. The Morgan fingerprint density at radius 2 is 1.47 bits per heavy atom. The molecule has 180 valence electrons. The molecule has 1 N–H and O–H groups in total. The third kappa shape index (κ3) is 7.87. The highest BCUT2D eigenvalue weighted by molar-refractivity contribution is 7.89. The lowest BCUT2D eigenvalue weighted by atomic mass is 10.00. The molecule has 0 amide bonds. The SMILES string of the molecule is CC(C)(C)NS(=O)(=O)c1ccc(CC(=O)[C@H](Cc2ccccc2)OCc2ccc(F)cc2)cc1. The normalized spacial score (nSPS) is 12.9. The number of hydrogen-bond donors (Lipinski definition) is 1. The molecule has 0 aromatic heterocycles. The van der Waals surface area contributed by atoms with Gasteiger partial charge in [0.1, 0.15) is 11.9 Å². The fourth-order valence-corrected chi connectivity index (χ4v) is 4.85. The lowest BCUT2D eigenvalue weighted by Crippen LogP contribution is -2.40. The molecule has 0 unspecified atom stereocenters. The van der Waals surface area contributed by atoms with Crippen molar-refractivity contribution < 1.29 is 22.3 Å². The predicted molar refractivity (Wildman–Crippen MR) is 130 cm³/mol. The minimum Gasteiger partial charge on any atom is -0.365 e. The van der Waals surface area contributed by atoms with Crippen LogP contribution < -0.4 is 4.72 Å². The van der Waals surface area contributed by atoms with Crippen LogP contribution in [0.1, 0.15) is 37.5 Å². The van der Waals surface area contributed by atoms with E-state index in [9.17, 15) is 17.6 Å². The molecule has 0 aliphatic carbocycles. The number of carbonyl (C=O) groups is 1. The largest absolute Gasteiger partial charge is 0.365 e. The Morgan fingerprint density at radius 3 is 2.06 bits per heavy atom. The van der Waals surface area contributed by atoms with Crippen molar-refractivity contribution in [3.63, 3.8) is 0 Å². The molecule has 5 nitrogen and oxygen atoms in total. The van der Waals surface area contributed by atoms with Gasteiger partial charge in [-0.05, 0) is 61.7 Å². The molecule has 0 heterocycles. The van der Waals surface area contributed by atoms with Crippen LogP contribution in [-0.4, -0.2) is 25.8 Å². The van der Waals surface area contributed by atoms with E-state index < -0.39 is 21.7 Å². The summed E-state index contributed by atoms with van der Waals surface area (Å²) in [7, 11) is -3.65. The van der Waals surface area contributed by atoms with E-state index >= 15 is 0 Å². The van der Waals surface area contributed by atoms with Crippen LogP contribution in [0.3, 0.4) is 0 Å². The molecule has 0 fully saturated rings. The lowest BCUT2D eigenvalue weighted by Gasteiger charge is -2.20. The number of rotatable bonds is 10. The van der Waals surface area contributed by atoms with Gasteiger partial charge in [-0.2, -0.15) is 0 Å². The molecule has 34 heavy (non-hydrogen) atoms. The molecule has 3 rings (SSSR count). The zero-order valence-electron chi connectivity index (χ0n) is 19.6. The van der Waals surface area contributed by atoms with E-state index in [1.165, 1.54) is 24.3 Å². The smallest absolute Gasteiger partial charge is 0.241 e. The van der Waals surface area contributed by atoms with Gasteiger partial charge in [0, 0.05) is 18.4 Å². The number of benzene rings is 3. The maximum atomic E-state index is 13.2. The Bertz CT molecular complexity index is 1190. The number of hydrogen-bond acceptors (Lipinski definition) is 4. The number of halogens is 1. The summed E-state index contributed by atoms with van der Waals surface area (Å²) in [5.74, 6) is -0.446. The van der Waals surface area contributed by atoms with Crippen molar-refractivity contribution in [2.75, 3.05) is 0 Å². The highest BCUT2D eigenvalue weighted by Gasteiger charge is 2.23. The zero-order chi connectivity index (χ0) is 24.8. The Balaban J connectivity index is 1.71. The van der Waals surface area contributed by atoms with E-state index in [0.29, 0.717) is 12.0 Å². The van der Waals surface area contributed by atoms with Crippen molar-refractivity contribution in [2.24, 2.45) is 0 Å².